The Hall–Kier alpha value is -2.72. The molecule has 2 aromatic heterocycles. The summed E-state index contributed by atoms with van der Waals surface area (Å²) in [6.07, 6.45) is 5.10. The van der Waals surface area contributed by atoms with E-state index in [9.17, 15) is 13.8 Å². The van der Waals surface area contributed by atoms with Crippen molar-refractivity contribution in [3.8, 4) is 0 Å². The third-order valence-electron chi connectivity index (χ3n) is 5.08. The summed E-state index contributed by atoms with van der Waals surface area (Å²) < 4.78 is 17.7. The molecule has 2 unspecified atom stereocenters. The van der Waals surface area contributed by atoms with Gasteiger partial charge in [-0.15, -0.1) is 0 Å². The molecule has 0 aliphatic carbocycles. The lowest BCUT2D eigenvalue weighted by molar-refractivity contribution is -0.144. The molecule has 0 bridgehead atoms. The number of benzene rings is 1. The van der Waals surface area contributed by atoms with Crippen LogP contribution >= 0.6 is 34.8 Å². The predicted octanol–water partition coefficient (Wildman–Crippen LogP) is 5.79. The van der Waals surface area contributed by atoms with Crippen LogP contribution in [0.15, 0.2) is 53.8 Å². The molecule has 2 atom stereocenters. The molecule has 196 valence electrons. The molecule has 2 heterocycles. The van der Waals surface area contributed by atoms with Gasteiger partial charge in [-0.25, -0.2) is 9.78 Å². The second-order valence-corrected chi connectivity index (χ2v) is 10.6. The average Bonchev–Trinajstić information content (AvgIpc) is 2.86. The van der Waals surface area contributed by atoms with Gasteiger partial charge in [0.2, 0.25) is 0 Å². The highest BCUT2D eigenvalue weighted by Gasteiger charge is 2.22. The second-order valence-electron chi connectivity index (χ2n) is 7.83. The molecule has 0 saturated heterocycles. The molecule has 2 N–H and O–H groups in total. The van der Waals surface area contributed by atoms with Crippen LogP contribution in [0.4, 0.5) is 11.5 Å². The number of hydrogen-bond acceptors (Lipinski definition) is 7. The highest BCUT2D eigenvalue weighted by atomic mass is 35.5. The van der Waals surface area contributed by atoms with Crippen LogP contribution in [-0.4, -0.2) is 44.5 Å². The number of ether oxygens (including phenoxy) is 1. The maximum Gasteiger partial charge on any atom is 0.328 e. The molecule has 37 heavy (non-hydrogen) atoms. The van der Waals surface area contributed by atoms with Crippen LogP contribution < -0.4 is 10.6 Å². The van der Waals surface area contributed by atoms with Crippen LogP contribution in [0.3, 0.4) is 0 Å². The van der Waals surface area contributed by atoms with Crippen molar-refractivity contribution in [1.82, 2.24) is 9.97 Å². The Morgan fingerprint density at radius 1 is 1.03 bits per heavy atom. The minimum Gasteiger partial charge on any atom is -0.464 e. The Labute approximate surface area is 232 Å². The summed E-state index contributed by atoms with van der Waals surface area (Å²) in [6.45, 7) is 3.87. The lowest BCUT2D eigenvalue weighted by Gasteiger charge is -2.19. The van der Waals surface area contributed by atoms with Gasteiger partial charge in [0.05, 0.1) is 42.9 Å². The number of carbonyl (C=O) groups excluding carboxylic acids is 2. The number of esters is 1. The summed E-state index contributed by atoms with van der Waals surface area (Å²) in [6, 6.07) is 7.77. The third-order valence-corrected chi connectivity index (χ3v) is 7.67. The largest absolute Gasteiger partial charge is 0.464 e. The maximum atomic E-state index is 12.7. The van der Waals surface area contributed by atoms with Crippen LogP contribution in [0, 0.1) is 0 Å². The fourth-order valence-corrected chi connectivity index (χ4v) is 5.37. The maximum absolute atomic E-state index is 12.7. The zero-order chi connectivity index (χ0) is 26.9. The molecular formula is C25H25Cl3N4O4S. The fraction of sp³-hybridized carbons (Fsp3) is 0.280. The van der Waals surface area contributed by atoms with Gasteiger partial charge in [0.15, 0.2) is 0 Å². The van der Waals surface area contributed by atoms with E-state index >= 15 is 0 Å². The Morgan fingerprint density at radius 2 is 1.70 bits per heavy atom. The first kappa shape index (κ1) is 28.8. The number of anilines is 2. The van der Waals surface area contributed by atoms with Crippen molar-refractivity contribution in [1.29, 1.82) is 0 Å². The molecule has 0 radical (unpaired) electrons. The Balaban J connectivity index is 1.75. The van der Waals surface area contributed by atoms with E-state index < -0.39 is 28.7 Å². The SMILES string of the molecule is CCCS(=O)c1cc(NC(Cc2ccc(NC(=O)c3c(Cl)cncc3Cl)cc2)C(=O)OCC)ncc1Cl. The van der Waals surface area contributed by atoms with E-state index in [0.717, 1.165) is 12.0 Å². The van der Waals surface area contributed by atoms with Crippen molar-refractivity contribution >= 4 is 69.0 Å². The number of rotatable bonds is 11. The number of carbonyl (C=O) groups is 2. The number of aromatic nitrogens is 2. The monoisotopic (exact) mass is 582 g/mol. The molecule has 3 aromatic rings. The zero-order valence-electron chi connectivity index (χ0n) is 20.1. The lowest BCUT2D eigenvalue weighted by Crippen LogP contribution is -2.34. The average molecular weight is 584 g/mol. The Morgan fingerprint density at radius 3 is 2.32 bits per heavy atom. The van der Waals surface area contributed by atoms with E-state index in [-0.39, 0.29) is 28.6 Å². The van der Waals surface area contributed by atoms with E-state index in [1.165, 1.54) is 18.6 Å². The summed E-state index contributed by atoms with van der Waals surface area (Å²) in [4.78, 5) is 33.8. The summed E-state index contributed by atoms with van der Waals surface area (Å²) in [5.74, 6) is -0.111. The first-order valence-electron chi connectivity index (χ1n) is 11.4. The van der Waals surface area contributed by atoms with Crippen molar-refractivity contribution in [3.63, 3.8) is 0 Å². The molecule has 1 aromatic carbocycles. The van der Waals surface area contributed by atoms with Gasteiger partial charge >= 0.3 is 5.97 Å². The second kappa shape index (κ2) is 13.7. The van der Waals surface area contributed by atoms with E-state index in [1.54, 1.807) is 37.3 Å². The molecule has 0 spiro atoms. The number of pyridine rings is 2. The van der Waals surface area contributed by atoms with Gasteiger partial charge in [0.1, 0.15) is 11.9 Å². The highest BCUT2D eigenvalue weighted by Crippen LogP contribution is 2.25. The van der Waals surface area contributed by atoms with Crippen LogP contribution in [0.2, 0.25) is 15.1 Å². The standard InChI is InChI=1S/C25H25Cl3N4O4S/c1-3-9-37(35)21-11-22(30-14-17(21)26)32-20(25(34)36-4-2)10-15-5-7-16(8-6-15)31-24(33)23-18(27)12-29-13-19(23)28/h5-8,11-14,20H,3-4,9-10H2,1-2H3,(H,30,32)(H,31,33). The first-order chi connectivity index (χ1) is 17.7. The third kappa shape index (κ3) is 7.88. The van der Waals surface area contributed by atoms with Crippen molar-refractivity contribution in [2.24, 2.45) is 0 Å². The van der Waals surface area contributed by atoms with Gasteiger partial charge < -0.3 is 15.4 Å². The van der Waals surface area contributed by atoms with Crippen molar-refractivity contribution in [3.05, 3.63) is 75.1 Å². The van der Waals surface area contributed by atoms with Gasteiger partial charge in [0.25, 0.3) is 5.91 Å². The van der Waals surface area contributed by atoms with Gasteiger partial charge in [-0.2, -0.15) is 0 Å². The number of nitrogens with one attached hydrogen (secondary N) is 2. The molecule has 12 heteroatoms. The molecule has 1 amide bonds. The summed E-state index contributed by atoms with van der Waals surface area (Å²) in [7, 11) is -1.28. The van der Waals surface area contributed by atoms with Crippen molar-refractivity contribution < 1.29 is 18.5 Å². The molecule has 8 nitrogen and oxygen atoms in total. The van der Waals surface area contributed by atoms with Crippen LogP contribution in [0.25, 0.3) is 0 Å². The molecular weight excluding hydrogens is 559 g/mol. The van der Waals surface area contributed by atoms with Crippen molar-refractivity contribution in [2.45, 2.75) is 37.6 Å². The fourth-order valence-electron chi connectivity index (χ4n) is 3.37. The van der Waals surface area contributed by atoms with E-state index in [2.05, 4.69) is 20.6 Å². The van der Waals surface area contributed by atoms with Crippen LogP contribution in [0.1, 0.15) is 36.2 Å². The quantitative estimate of drug-likeness (QED) is 0.275. The molecule has 0 aliphatic heterocycles. The smallest absolute Gasteiger partial charge is 0.328 e. The first-order valence-corrected chi connectivity index (χ1v) is 13.8. The number of halogens is 3. The minimum atomic E-state index is -1.28. The number of nitrogens with zero attached hydrogens (tertiary/aromatic N) is 2. The van der Waals surface area contributed by atoms with Crippen LogP contribution in [-0.2, 0) is 26.8 Å². The van der Waals surface area contributed by atoms with Gasteiger partial charge in [-0.05, 0) is 37.1 Å². The van der Waals surface area contributed by atoms with Gasteiger partial charge in [0, 0.05) is 36.5 Å². The van der Waals surface area contributed by atoms with Gasteiger partial charge in [-0.3, -0.25) is 14.0 Å². The Kier molecular flexibility index (Phi) is 10.7. The number of amides is 1. The zero-order valence-corrected chi connectivity index (χ0v) is 23.2. The molecule has 3 rings (SSSR count). The Bertz CT molecular complexity index is 1270. The summed E-state index contributed by atoms with van der Waals surface area (Å²) >= 11 is 18.3. The minimum absolute atomic E-state index is 0.128. The normalized spacial score (nSPS) is 12.5. The summed E-state index contributed by atoms with van der Waals surface area (Å²) in [5, 5.41) is 6.40. The lowest BCUT2D eigenvalue weighted by atomic mass is 10.1. The molecule has 0 aliphatic rings. The molecule has 0 saturated carbocycles. The highest BCUT2D eigenvalue weighted by molar-refractivity contribution is 7.85. The predicted molar refractivity (Wildman–Crippen MR) is 147 cm³/mol. The molecule has 0 fully saturated rings. The van der Waals surface area contributed by atoms with Crippen molar-refractivity contribution in [2.75, 3.05) is 23.0 Å². The van der Waals surface area contributed by atoms with E-state index in [1.807, 2.05) is 6.92 Å². The summed E-state index contributed by atoms with van der Waals surface area (Å²) in [5.41, 5.74) is 1.44. The topological polar surface area (TPSA) is 110 Å². The van der Waals surface area contributed by atoms with Crippen LogP contribution in [0.5, 0.6) is 0 Å². The van der Waals surface area contributed by atoms with E-state index in [4.69, 9.17) is 39.5 Å². The number of hydrogen-bond donors (Lipinski definition) is 2. The van der Waals surface area contributed by atoms with Gasteiger partial charge in [-0.1, -0.05) is 53.9 Å². The van der Waals surface area contributed by atoms with E-state index in [0.29, 0.717) is 27.2 Å².